The van der Waals surface area contributed by atoms with E-state index in [1.165, 1.54) is 10.6 Å². The summed E-state index contributed by atoms with van der Waals surface area (Å²) in [6.45, 7) is 1.15. The third kappa shape index (κ3) is 4.05. The molecule has 1 aromatic heterocycles. The second-order valence-corrected chi connectivity index (χ2v) is 7.71. The lowest BCUT2D eigenvalue weighted by atomic mass is 10.2. The second kappa shape index (κ2) is 6.80. The van der Waals surface area contributed by atoms with E-state index in [9.17, 15) is 13.2 Å². The number of nitrogens with zero attached hydrogens (tertiary/aromatic N) is 1. The van der Waals surface area contributed by atoms with Crippen molar-refractivity contribution in [2.45, 2.75) is 6.10 Å². The summed E-state index contributed by atoms with van der Waals surface area (Å²) in [4.78, 5) is 15.1. The Hall–Kier alpha value is -2.10. The molecule has 1 fully saturated rings. The molecule has 2 amide bonds. The topological polar surface area (TPSA) is 104 Å². The molecule has 130 valence electrons. The summed E-state index contributed by atoms with van der Waals surface area (Å²) in [5.41, 5.74) is 1.68. The van der Waals surface area contributed by atoms with Crippen LogP contribution in [0.15, 0.2) is 30.5 Å². The number of morpholine rings is 1. The Bertz CT molecular complexity index is 833. The molecule has 2 aromatic rings. The number of anilines is 1. The van der Waals surface area contributed by atoms with Gasteiger partial charge in [-0.15, -0.1) is 0 Å². The van der Waals surface area contributed by atoms with E-state index in [4.69, 9.17) is 4.74 Å². The van der Waals surface area contributed by atoms with E-state index in [0.29, 0.717) is 18.8 Å². The van der Waals surface area contributed by atoms with Gasteiger partial charge < -0.3 is 20.4 Å². The van der Waals surface area contributed by atoms with Crippen LogP contribution in [0.5, 0.6) is 0 Å². The van der Waals surface area contributed by atoms with Crippen LogP contribution in [0.4, 0.5) is 10.5 Å². The van der Waals surface area contributed by atoms with Crippen LogP contribution in [-0.4, -0.2) is 62.3 Å². The molecule has 0 radical (unpaired) electrons. The Labute approximate surface area is 140 Å². The van der Waals surface area contributed by atoms with Gasteiger partial charge >= 0.3 is 6.03 Å². The van der Waals surface area contributed by atoms with E-state index in [1.54, 1.807) is 6.07 Å². The molecule has 1 saturated heterocycles. The van der Waals surface area contributed by atoms with Crippen molar-refractivity contribution in [1.29, 1.82) is 0 Å². The fourth-order valence-corrected chi connectivity index (χ4v) is 3.47. The summed E-state index contributed by atoms with van der Waals surface area (Å²) in [6, 6.07) is 7.13. The van der Waals surface area contributed by atoms with Crippen LogP contribution in [0.3, 0.4) is 0 Å². The molecule has 3 N–H and O–H groups in total. The summed E-state index contributed by atoms with van der Waals surface area (Å²) in [6.07, 6.45) is 2.65. The average molecular weight is 352 g/mol. The number of ether oxygens (including phenoxy) is 1. The van der Waals surface area contributed by atoms with Crippen molar-refractivity contribution in [2.24, 2.45) is 0 Å². The fourth-order valence-electron chi connectivity index (χ4n) is 2.63. The molecule has 0 saturated carbocycles. The zero-order valence-corrected chi connectivity index (χ0v) is 14.1. The van der Waals surface area contributed by atoms with Gasteiger partial charge in [-0.25, -0.2) is 13.2 Å². The highest BCUT2D eigenvalue weighted by Gasteiger charge is 2.26. The van der Waals surface area contributed by atoms with Crippen molar-refractivity contribution >= 4 is 32.6 Å². The van der Waals surface area contributed by atoms with E-state index in [2.05, 4.69) is 15.6 Å². The number of aromatic nitrogens is 1. The number of hydrogen-bond donors (Lipinski definition) is 3. The molecule has 0 spiro atoms. The molecule has 0 bridgehead atoms. The van der Waals surface area contributed by atoms with Crippen LogP contribution in [-0.2, 0) is 14.8 Å². The smallest absolute Gasteiger partial charge is 0.319 e. The molecular formula is C15H20N4O4S. The third-order valence-electron chi connectivity index (χ3n) is 3.87. The van der Waals surface area contributed by atoms with Crippen molar-refractivity contribution in [1.82, 2.24) is 14.6 Å². The average Bonchev–Trinajstić information content (AvgIpc) is 3.00. The molecule has 1 aromatic carbocycles. The number of carbonyl (C=O) groups is 1. The van der Waals surface area contributed by atoms with Gasteiger partial charge in [0.1, 0.15) is 0 Å². The molecule has 24 heavy (non-hydrogen) atoms. The molecule has 1 aliphatic rings. The summed E-state index contributed by atoms with van der Waals surface area (Å²) >= 11 is 0. The van der Waals surface area contributed by atoms with Crippen molar-refractivity contribution < 1.29 is 17.9 Å². The van der Waals surface area contributed by atoms with Crippen molar-refractivity contribution in [2.75, 3.05) is 37.8 Å². The van der Waals surface area contributed by atoms with Crippen LogP contribution in [0, 0.1) is 0 Å². The Balaban J connectivity index is 1.51. The standard InChI is InChI=1S/C15H20N4O4S/c1-24(21,22)19-6-7-23-13(10-19)9-17-15(20)18-12-2-3-14-11(8-12)4-5-16-14/h2-5,8,13,16H,6-7,9-10H2,1H3,(H2,17,18,20). The number of H-pyrrole nitrogens is 1. The maximum Gasteiger partial charge on any atom is 0.319 e. The van der Waals surface area contributed by atoms with Crippen LogP contribution in [0.1, 0.15) is 0 Å². The first-order chi connectivity index (χ1) is 11.4. The van der Waals surface area contributed by atoms with Gasteiger partial charge in [-0.2, -0.15) is 4.31 Å². The number of carbonyl (C=O) groups excluding carboxylic acids is 1. The largest absolute Gasteiger partial charge is 0.374 e. The van der Waals surface area contributed by atoms with E-state index < -0.39 is 10.0 Å². The number of nitrogens with one attached hydrogen (secondary N) is 3. The monoisotopic (exact) mass is 352 g/mol. The van der Waals surface area contributed by atoms with E-state index in [0.717, 1.165) is 10.9 Å². The molecule has 1 unspecified atom stereocenters. The molecule has 9 heteroatoms. The molecule has 2 heterocycles. The summed E-state index contributed by atoms with van der Waals surface area (Å²) in [5.74, 6) is 0. The lowest BCUT2D eigenvalue weighted by Gasteiger charge is -2.31. The Morgan fingerprint density at radius 2 is 2.25 bits per heavy atom. The minimum atomic E-state index is -3.24. The number of hydrogen-bond acceptors (Lipinski definition) is 4. The summed E-state index contributed by atoms with van der Waals surface area (Å²) in [5, 5.41) is 6.47. The highest BCUT2D eigenvalue weighted by molar-refractivity contribution is 7.88. The molecule has 0 aliphatic carbocycles. The maximum absolute atomic E-state index is 12.0. The number of fused-ring (bicyclic) bond motifs is 1. The van der Waals surface area contributed by atoms with Gasteiger partial charge in [0, 0.05) is 42.4 Å². The number of amides is 2. The molecular weight excluding hydrogens is 332 g/mol. The van der Waals surface area contributed by atoms with Crippen molar-refractivity contribution in [3.63, 3.8) is 0 Å². The van der Waals surface area contributed by atoms with E-state index >= 15 is 0 Å². The first-order valence-electron chi connectivity index (χ1n) is 7.60. The minimum absolute atomic E-state index is 0.240. The Morgan fingerprint density at radius 3 is 3.04 bits per heavy atom. The molecule has 1 aliphatic heterocycles. The fraction of sp³-hybridized carbons (Fsp3) is 0.400. The number of rotatable bonds is 4. The Kier molecular flexibility index (Phi) is 4.74. The van der Waals surface area contributed by atoms with Gasteiger partial charge in [-0.3, -0.25) is 0 Å². The Morgan fingerprint density at radius 1 is 1.42 bits per heavy atom. The van der Waals surface area contributed by atoms with E-state index in [-0.39, 0.29) is 25.2 Å². The van der Waals surface area contributed by atoms with Gasteiger partial charge in [0.2, 0.25) is 10.0 Å². The molecule has 3 rings (SSSR count). The van der Waals surface area contributed by atoms with Crippen molar-refractivity contribution in [3.8, 4) is 0 Å². The maximum atomic E-state index is 12.0. The van der Waals surface area contributed by atoms with Crippen LogP contribution in [0.2, 0.25) is 0 Å². The lowest BCUT2D eigenvalue weighted by Crippen LogP contribution is -2.49. The van der Waals surface area contributed by atoms with E-state index in [1.807, 2.05) is 24.4 Å². The summed E-state index contributed by atoms with van der Waals surface area (Å²) < 4.78 is 30.0. The minimum Gasteiger partial charge on any atom is -0.374 e. The highest BCUT2D eigenvalue weighted by Crippen LogP contribution is 2.17. The molecule has 1 atom stereocenters. The predicted octanol–water partition coefficient (Wildman–Crippen LogP) is 0.950. The van der Waals surface area contributed by atoms with Crippen LogP contribution >= 0.6 is 0 Å². The first-order valence-corrected chi connectivity index (χ1v) is 9.45. The normalized spacial score (nSPS) is 19.3. The summed E-state index contributed by atoms with van der Waals surface area (Å²) in [7, 11) is -3.24. The predicted molar refractivity (Wildman–Crippen MR) is 91.5 cm³/mol. The number of benzene rings is 1. The number of sulfonamides is 1. The van der Waals surface area contributed by atoms with Gasteiger partial charge in [-0.05, 0) is 24.3 Å². The van der Waals surface area contributed by atoms with Gasteiger partial charge in [0.15, 0.2) is 0 Å². The SMILES string of the molecule is CS(=O)(=O)N1CCOC(CNC(=O)Nc2ccc3[nH]ccc3c2)C1. The lowest BCUT2D eigenvalue weighted by molar-refractivity contribution is 0.00167. The zero-order valence-electron chi connectivity index (χ0n) is 13.3. The number of aromatic amines is 1. The second-order valence-electron chi connectivity index (χ2n) is 5.73. The first kappa shape index (κ1) is 16.7. The highest BCUT2D eigenvalue weighted by atomic mass is 32.2. The van der Waals surface area contributed by atoms with Gasteiger partial charge in [0.25, 0.3) is 0 Å². The van der Waals surface area contributed by atoms with Gasteiger partial charge in [-0.1, -0.05) is 0 Å². The number of urea groups is 1. The van der Waals surface area contributed by atoms with Crippen LogP contribution in [0.25, 0.3) is 10.9 Å². The van der Waals surface area contributed by atoms with Crippen LogP contribution < -0.4 is 10.6 Å². The van der Waals surface area contributed by atoms with Gasteiger partial charge in [0.05, 0.1) is 19.0 Å². The quantitative estimate of drug-likeness (QED) is 0.762. The van der Waals surface area contributed by atoms with Crippen molar-refractivity contribution in [3.05, 3.63) is 30.5 Å². The molecule has 8 nitrogen and oxygen atoms in total. The zero-order chi connectivity index (χ0) is 17.2. The third-order valence-corrected chi connectivity index (χ3v) is 5.14.